The molecule has 6 nitrogen and oxygen atoms in total. The molecule has 0 spiro atoms. The van der Waals surface area contributed by atoms with Gasteiger partial charge in [0.1, 0.15) is 5.75 Å². The molecule has 0 aliphatic rings. The van der Waals surface area contributed by atoms with E-state index in [9.17, 15) is 14.0 Å². The number of hydrogen-bond acceptors (Lipinski definition) is 4. The molecule has 6 N–H and O–H groups in total. The summed E-state index contributed by atoms with van der Waals surface area (Å²) in [6, 6.07) is 8.04. The molecule has 108 valence electrons. The van der Waals surface area contributed by atoms with Crippen LogP contribution in [0.4, 0.5) is 10.1 Å². The molecule has 2 amide bonds. The van der Waals surface area contributed by atoms with E-state index < -0.39 is 17.6 Å². The number of nitrogen functional groups attached to an aromatic ring is 1. The zero-order valence-electron chi connectivity index (χ0n) is 10.8. The van der Waals surface area contributed by atoms with Crippen LogP contribution in [0.5, 0.6) is 11.5 Å². The molecule has 0 bridgehead atoms. The number of carbonyl (C=O) groups is 2. The van der Waals surface area contributed by atoms with Crippen LogP contribution in [-0.2, 0) is 0 Å². The molecule has 0 saturated heterocycles. The van der Waals surface area contributed by atoms with Crippen LogP contribution in [-0.4, -0.2) is 11.8 Å². The number of ether oxygens (including phenoxy) is 1. The maximum absolute atomic E-state index is 13.8. The summed E-state index contributed by atoms with van der Waals surface area (Å²) < 4.78 is 19.1. The highest BCUT2D eigenvalue weighted by atomic mass is 19.1. The first-order valence-corrected chi connectivity index (χ1v) is 5.85. The van der Waals surface area contributed by atoms with Crippen LogP contribution in [0.25, 0.3) is 0 Å². The van der Waals surface area contributed by atoms with Crippen molar-refractivity contribution in [2.24, 2.45) is 11.5 Å². The van der Waals surface area contributed by atoms with Crippen molar-refractivity contribution in [3.63, 3.8) is 0 Å². The van der Waals surface area contributed by atoms with E-state index in [-0.39, 0.29) is 28.3 Å². The molecule has 2 aromatic rings. The van der Waals surface area contributed by atoms with Gasteiger partial charge in [0.05, 0.1) is 11.1 Å². The Labute approximate surface area is 119 Å². The number of amides is 2. The molecule has 2 rings (SSSR count). The molecular weight excluding hydrogens is 277 g/mol. The number of anilines is 1. The fraction of sp³-hybridized carbons (Fsp3) is 0. The lowest BCUT2D eigenvalue weighted by Gasteiger charge is -2.11. The van der Waals surface area contributed by atoms with E-state index in [1.807, 2.05) is 0 Å². The maximum Gasteiger partial charge on any atom is 0.252 e. The minimum atomic E-state index is -0.819. The van der Waals surface area contributed by atoms with Crippen LogP contribution in [0.15, 0.2) is 36.4 Å². The van der Waals surface area contributed by atoms with E-state index in [0.717, 1.165) is 12.1 Å². The van der Waals surface area contributed by atoms with Crippen molar-refractivity contribution < 1.29 is 18.7 Å². The van der Waals surface area contributed by atoms with Gasteiger partial charge < -0.3 is 21.9 Å². The van der Waals surface area contributed by atoms with E-state index in [2.05, 4.69) is 0 Å². The van der Waals surface area contributed by atoms with Crippen LogP contribution >= 0.6 is 0 Å². The van der Waals surface area contributed by atoms with Gasteiger partial charge in [-0.15, -0.1) is 0 Å². The van der Waals surface area contributed by atoms with E-state index >= 15 is 0 Å². The van der Waals surface area contributed by atoms with Gasteiger partial charge in [-0.1, -0.05) is 12.1 Å². The fourth-order valence-corrected chi connectivity index (χ4v) is 1.74. The van der Waals surface area contributed by atoms with E-state index in [1.165, 1.54) is 12.1 Å². The highest BCUT2D eigenvalue weighted by Crippen LogP contribution is 2.30. The molecule has 0 saturated carbocycles. The van der Waals surface area contributed by atoms with Gasteiger partial charge in [-0.3, -0.25) is 9.59 Å². The Balaban J connectivity index is 2.47. The van der Waals surface area contributed by atoms with Gasteiger partial charge in [-0.25, -0.2) is 4.39 Å². The summed E-state index contributed by atoms with van der Waals surface area (Å²) in [6.07, 6.45) is 0. The molecule has 0 heterocycles. The van der Waals surface area contributed by atoms with Crippen LogP contribution < -0.4 is 21.9 Å². The van der Waals surface area contributed by atoms with Gasteiger partial charge in [0.2, 0.25) is 0 Å². The maximum atomic E-state index is 13.8. The Kier molecular flexibility index (Phi) is 3.75. The van der Waals surface area contributed by atoms with E-state index in [4.69, 9.17) is 21.9 Å². The Morgan fingerprint density at radius 3 is 2.19 bits per heavy atom. The summed E-state index contributed by atoms with van der Waals surface area (Å²) in [7, 11) is 0. The van der Waals surface area contributed by atoms with Crippen molar-refractivity contribution in [1.82, 2.24) is 0 Å². The van der Waals surface area contributed by atoms with Gasteiger partial charge in [0, 0.05) is 11.8 Å². The molecule has 0 radical (unpaired) electrons. The molecule has 0 aliphatic carbocycles. The van der Waals surface area contributed by atoms with Gasteiger partial charge >= 0.3 is 0 Å². The Morgan fingerprint density at radius 1 is 0.952 bits per heavy atom. The number of rotatable bonds is 4. The monoisotopic (exact) mass is 289 g/mol. The van der Waals surface area contributed by atoms with Crippen molar-refractivity contribution in [3.05, 3.63) is 53.3 Å². The number of hydrogen-bond donors (Lipinski definition) is 3. The predicted molar refractivity (Wildman–Crippen MR) is 74.4 cm³/mol. The highest BCUT2D eigenvalue weighted by Gasteiger charge is 2.16. The van der Waals surface area contributed by atoms with E-state index in [1.54, 1.807) is 12.1 Å². The zero-order chi connectivity index (χ0) is 15.6. The number of para-hydroxylation sites is 1. The first-order chi connectivity index (χ1) is 9.90. The first-order valence-electron chi connectivity index (χ1n) is 5.85. The minimum absolute atomic E-state index is 0.0593. The normalized spacial score (nSPS) is 10.1. The molecule has 0 aliphatic heterocycles. The summed E-state index contributed by atoms with van der Waals surface area (Å²) >= 11 is 0. The van der Waals surface area contributed by atoms with Gasteiger partial charge in [0.15, 0.2) is 11.6 Å². The van der Waals surface area contributed by atoms with Crippen molar-refractivity contribution in [1.29, 1.82) is 0 Å². The molecule has 21 heavy (non-hydrogen) atoms. The molecule has 0 fully saturated rings. The summed E-state index contributed by atoms with van der Waals surface area (Å²) in [6.45, 7) is 0. The Morgan fingerprint density at radius 2 is 1.57 bits per heavy atom. The average Bonchev–Trinajstić information content (AvgIpc) is 2.41. The zero-order valence-corrected chi connectivity index (χ0v) is 10.8. The van der Waals surface area contributed by atoms with Crippen molar-refractivity contribution in [2.75, 3.05) is 5.73 Å². The summed E-state index contributed by atoms with van der Waals surface area (Å²) in [5, 5.41) is 0. The van der Waals surface area contributed by atoms with Gasteiger partial charge in [0.25, 0.3) is 11.8 Å². The van der Waals surface area contributed by atoms with Crippen molar-refractivity contribution in [2.45, 2.75) is 0 Å². The van der Waals surface area contributed by atoms with Gasteiger partial charge in [-0.05, 0) is 18.2 Å². The second kappa shape index (κ2) is 5.49. The standard InChI is InChI=1S/C14H12FN3O3/c15-9-6-10(16)8(14(18)20)5-12(9)21-11-4-2-1-3-7(11)13(17)19/h1-6H,16H2,(H2,17,19)(H2,18,20). The van der Waals surface area contributed by atoms with Crippen molar-refractivity contribution >= 4 is 17.5 Å². The predicted octanol–water partition coefficient (Wildman–Crippen LogP) is 1.40. The summed E-state index contributed by atoms with van der Waals surface area (Å²) in [4.78, 5) is 22.5. The fourth-order valence-electron chi connectivity index (χ4n) is 1.74. The topological polar surface area (TPSA) is 121 Å². The molecule has 2 aromatic carbocycles. The average molecular weight is 289 g/mol. The van der Waals surface area contributed by atoms with Crippen molar-refractivity contribution in [3.8, 4) is 11.5 Å². The highest BCUT2D eigenvalue weighted by molar-refractivity contribution is 5.98. The van der Waals surface area contributed by atoms with Crippen LogP contribution in [0, 0.1) is 5.82 Å². The van der Waals surface area contributed by atoms with Crippen LogP contribution in [0.2, 0.25) is 0 Å². The van der Waals surface area contributed by atoms with Gasteiger partial charge in [-0.2, -0.15) is 0 Å². The lowest BCUT2D eigenvalue weighted by Crippen LogP contribution is -2.14. The molecule has 0 unspecified atom stereocenters. The number of primary amides is 2. The van der Waals surface area contributed by atoms with Crippen LogP contribution in [0.3, 0.4) is 0 Å². The molecular formula is C14H12FN3O3. The largest absolute Gasteiger partial charge is 0.453 e. The lowest BCUT2D eigenvalue weighted by atomic mass is 10.1. The third-order valence-corrected chi connectivity index (χ3v) is 2.74. The first kappa shape index (κ1) is 14.3. The SMILES string of the molecule is NC(=O)c1cc(Oc2ccccc2C(N)=O)c(F)cc1N. The number of benzene rings is 2. The number of halogens is 1. The summed E-state index contributed by atoms with van der Waals surface area (Å²) in [5.74, 6) is -2.57. The van der Waals surface area contributed by atoms with Crippen LogP contribution in [0.1, 0.15) is 20.7 Å². The molecule has 0 aromatic heterocycles. The Bertz CT molecular complexity index is 731. The molecule has 0 atom stereocenters. The number of nitrogens with two attached hydrogens (primary N) is 3. The Hall–Kier alpha value is -3.09. The summed E-state index contributed by atoms with van der Waals surface area (Å²) in [5.41, 5.74) is 15.7. The third kappa shape index (κ3) is 2.92. The van der Waals surface area contributed by atoms with E-state index in [0.29, 0.717) is 0 Å². The smallest absolute Gasteiger partial charge is 0.252 e. The second-order valence-corrected chi connectivity index (χ2v) is 4.20. The number of carbonyl (C=O) groups excluding carboxylic acids is 2. The minimum Gasteiger partial charge on any atom is -0.453 e. The molecule has 7 heteroatoms. The third-order valence-electron chi connectivity index (χ3n) is 2.74. The quantitative estimate of drug-likeness (QED) is 0.736. The lowest BCUT2D eigenvalue weighted by molar-refractivity contribution is 0.0989. The second-order valence-electron chi connectivity index (χ2n) is 4.20.